The zero-order chi connectivity index (χ0) is 10.3. The largest absolute Gasteiger partial charge is 0.378 e. The van der Waals surface area contributed by atoms with Crippen LogP contribution in [0.15, 0.2) is 0 Å². The molecule has 2 nitrogen and oxygen atoms in total. The first-order valence-electron chi connectivity index (χ1n) is 6.05. The monoisotopic (exact) mass is 200 g/mol. The highest BCUT2D eigenvalue weighted by atomic mass is 16.6. The summed E-state index contributed by atoms with van der Waals surface area (Å²) in [5, 5.41) is 0. The molecule has 0 aliphatic carbocycles. The summed E-state index contributed by atoms with van der Waals surface area (Å²) in [6.07, 6.45) is 7.39. The third-order valence-corrected chi connectivity index (χ3v) is 3.12. The van der Waals surface area contributed by atoms with Crippen LogP contribution in [-0.2, 0) is 9.47 Å². The molecule has 0 radical (unpaired) electrons. The minimum atomic E-state index is 0.0881. The molecule has 1 saturated heterocycles. The zero-order valence-electron chi connectivity index (χ0n) is 9.68. The molecule has 1 unspecified atom stereocenters. The van der Waals surface area contributed by atoms with Gasteiger partial charge in [0.2, 0.25) is 0 Å². The Labute approximate surface area is 88.0 Å². The molecule has 0 spiro atoms. The quantitative estimate of drug-likeness (QED) is 0.560. The standard InChI is InChI=1S/C12H24O2/c1-3-5-6-7-9-13-11-12(4-2)8-10-14-12/h3-11H2,1-2H3. The first-order valence-corrected chi connectivity index (χ1v) is 6.05. The van der Waals surface area contributed by atoms with Gasteiger partial charge in [-0.2, -0.15) is 0 Å². The van der Waals surface area contributed by atoms with Gasteiger partial charge in [-0.25, -0.2) is 0 Å². The molecule has 0 aromatic heterocycles. The second-order valence-corrected chi connectivity index (χ2v) is 4.25. The highest BCUT2D eigenvalue weighted by molar-refractivity contribution is 4.85. The lowest BCUT2D eigenvalue weighted by molar-refractivity contribution is -0.182. The van der Waals surface area contributed by atoms with Crippen molar-refractivity contribution in [2.75, 3.05) is 19.8 Å². The SMILES string of the molecule is CCCCCCOCC1(CC)CCO1. The van der Waals surface area contributed by atoms with Crippen LogP contribution in [0.2, 0.25) is 0 Å². The predicted octanol–water partition coefficient (Wildman–Crippen LogP) is 3.15. The molecule has 0 amide bonds. The Bertz CT molecular complexity index is 136. The second kappa shape index (κ2) is 6.41. The van der Waals surface area contributed by atoms with Crippen LogP contribution in [0.4, 0.5) is 0 Å². The Morgan fingerprint density at radius 3 is 2.50 bits per heavy atom. The van der Waals surface area contributed by atoms with E-state index >= 15 is 0 Å². The molecule has 1 aliphatic rings. The maximum atomic E-state index is 5.65. The van der Waals surface area contributed by atoms with Gasteiger partial charge < -0.3 is 9.47 Å². The van der Waals surface area contributed by atoms with E-state index < -0.39 is 0 Å². The molecule has 0 aromatic carbocycles. The molecule has 1 rings (SSSR count). The van der Waals surface area contributed by atoms with E-state index in [1.807, 2.05) is 0 Å². The van der Waals surface area contributed by atoms with Gasteiger partial charge in [0.15, 0.2) is 0 Å². The number of unbranched alkanes of at least 4 members (excludes halogenated alkanes) is 3. The molecule has 0 saturated carbocycles. The summed E-state index contributed by atoms with van der Waals surface area (Å²) < 4.78 is 11.2. The van der Waals surface area contributed by atoms with Crippen molar-refractivity contribution in [2.24, 2.45) is 0 Å². The van der Waals surface area contributed by atoms with Gasteiger partial charge in [-0.15, -0.1) is 0 Å². The van der Waals surface area contributed by atoms with Gasteiger partial charge in [-0.3, -0.25) is 0 Å². The van der Waals surface area contributed by atoms with Crippen molar-refractivity contribution in [2.45, 2.75) is 58.0 Å². The minimum Gasteiger partial charge on any atom is -0.378 e. The Balaban J connectivity index is 1.92. The molecule has 0 N–H and O–H groups in total. The average molecular weight is 200 g/mol. The lowest BCUT2D eigenvalue weighted by atomic mass is 9.93. The van der Waals surface area contributed by atoms with E-state index in [4.69, 9.17) is 9.47 Å². The maximum Gasteiger partial charge on any atom is 0.0934 e. The molecule has 0 bridgehead atoms. The molecule has 84 valence electrons. The topological polar surface area (TPSA) is 18.5 Å². The van der Waals surface area contributed by atoms with Crippen LogP contribution in [0, 0.1) is 0 Å². The van der Waals surface area contributed by atoms with E-state index in [0.29, 0.717) is 0 Å². The minimum absolute atomic E-state index is 0.0881. The van der Waals surface area contributed by atoms with E-state index in [0.717, 1.165) is 26.2 Å². The number of rotatable bonds is 8. The van der Waals surface area contributed by atoms with Crippen molar-refractivity contribution in [1.29, 1.82) is 0 Å². The van der Waals surface area contributed by atoms with Crippen LogP contribution in [-0.4, -0.2) is 25.4 Å². The number of hydrogen-bond acceptors (Lipinski definition) is 2. The molecular formula is C12H24O2. The summed E-state index contributed by atoms with van der Waals surface area (Å²) in [4.78, 5) is 0. The summed E-state index contributed by atoms with van der Waals surface area (Å²) >= 11 is 0. The third-order valence-electron chi connectivity index (χ3n) is 3.12. The van der Waals surface area contributed by atoms with Crippen LogP contribution in [0.3, 0.4) is 0 Å². The molecule has 2 heteroatoms. The second-order valence-electron chi connectivity index (χ2n) is 4.25. The molecule has 14 heavy (non-hydrogen) atoms. The Morgan fingerprint density at radius 1 is 1.21 bits per heavy atom. The van der Waals surface area contributed by atoms with Crippen LogP contribution < -0.4 is 0 Å². The Kier molecular flexibility index (Phi) is 5.49. The van der Waals surface area contributed by atoms with Crippen molar-refractivity contribution in [1.82, 2.24) is 0 Å². The van der Waals surface area contributed by atoms with E-state index in [2.05, 4.69) is 13.8 Å². The van der Waals surface area contributed by atoms with Crippen molar-refractivity contribution < 1.29 is 9.47 Å². The molecule has 0 aromatic rings. The lowest BCUT2D eigenvalue weighted by Crippen LogP contribution is -2.47. The van der Waals surface area contributed by atoms with Crippen LogP contribution >= 0.6 is 0 Å². The summed E-state index contributed by atoms with van der Waals surface area (Å²) in [6.45, 7) is 7.04. The molecule has 1 aliphatic heterocycles. The van der Waals surface area contributed by atoms with Gasteiger partial charge in [0.1, 0.15) is 0 Å². The summed E-state index contributed by atoms with van der Waals surface area (Å²) in [6, 6.07) is 0. The van der Waals surface area contributed by atoms with E-state index in [9.17, 15) is 0 Å². The van der Waals surface area contributed by atoms with Gasteiger partial charge in [0.25, 0.3) is 0 Å². The van der Waals surface area contributed by atoms with Crippen LogP contribution in [0.5, 0.6) is 0 Å². The fourth-order valence-corrected chi connectivity index (χ4v) is 1.77. The van der Waals surface area contributed by atoms with Crippen molar-refractivity contribution in [3.05, 3.63) is 0 Å². The molecule has 1 atom stereocenters. The van der Waals surface area contributed by atoms with Crippen molar-refractivity contribution in [3.8, 4) is 0 Å². The van der Waals surface area contributed by atoms with E-state index in [-0.39, 0.29) is 5.60 Å². The third kappa shape index (κ3) is 3.58. The van der Waals surface area contributed by atoms with Gasteiger partial charge in [0, 0.05) is 13.0 Å². The molecular weight excluding hydrogens is 176 g/mol. The first kappa shape index (κ1) is 12.0. The smallest absolute Gasteiger partial charge is 0.0934 e. The van der Waals surface area contributed by atoms with Gasteiger partial charge >= 0.3 is 0 Å². The summed E-state index contributed by atoms with van der Waals surface area (Å²) in [7, 11) is 0. The van der Waals surface area contributed by atoms with E-state index in [1.54, 1.807) is 0 Å². The summed E-state index contributed by atoms with van der Waals surface area (Å²) in [5.74, 6) is 0. The zero-order valence-corrected chi connectivity index (χ0v) is 9.68. The number of ether oxygens (including phenoxy) is 2. The van der Waals surface area contributed by atoms with Gasteiger partial charge in [0.05, 0.1) is 18.8 Å². The lowest BCUT2D eigenvalue weighted by Gasteiger charge is -2.40. The molecule has 1 fully saturated rings. The van der Waals surface area contributed by atoms with Crippen LogP contribution in [0.1, 0.15) is 52.4 Å². The molecule has 1 heterocycles. The normalized spacial score (nSPS) is 26.1. The maximum absolute atomic E-state index is 5.65. The van der Waals surface area contributed by atoms with E-state index in [1.165, 1.54) is 32.1 Å². The van der Waals surface area contributed by atoms with Crippen LogP contribution in [0.25, 0.3) is 0 Å². The predicted molar refractivity (Wildman–Crippen MR) is 58.6 cm³/mol. The van der Waals surface area contributed by atoms with Gasteiger partial charge in [-0.1, -0.05) is 33.1 Å². The van der Waals surface area contributed by atoms with Gasteiger partial charge in [-0.05, 0) is 12.8 Å². The van der Waals surface area contributed by atoms with Crippen molar-refractivity contribution in [3.63, 3.8) is 0 Å². The highest BCUT2D eigenvalue weighted by Gasteiger charge is 2.36. The fraction of sp³-hybridized carbons (Fsp3) is 1.00. The Morgan fingerprint density at radius 2 is 2.00 bits per heavy atom. The first-order chi connectivity index (χ1) is 6.83. The Hall–Kier alpha value is -0.0800. The number of hydrogen-bond donors (Lipinski definition) is 0. The average Bonchev–Trinajstić information content (AvgIpc) is 2.15. The van der Waals surface area contributed by atoms with Crippen molar-refractivity contribution >= 4 is 0 Å². The summed E-state index contributed by atoms with van der Waals surface area (Å²) in [5.41, 5.74) is 0.0881. The fourth-order valence-electron chi connectivity index (χ4n) is 1.77. The highest BCUT2D eigenvalue weighted by Crippen LogP contribution is 2.29.